The standard InChI is InChI=1S/C16H19NO2/c1-11-3-8-16(12(2)9-11)19-10-15(18)13-4-6-14(17)7-5-13/h3-9,15,18H,10,17H2,1-2H3. The van der Waals surface area contributed by atoms with Crippen LogP contribution in [-0.2, 0) is 0 Å². The third-order valence-corrected chi connectivity index (χ3v) is 3.05. The van der Waals surface area contributed by atoms with Crippen molar-refractivity contribution in [1.82, 2.24) is 0 Å². The van der Waals surface area contributed by atoms with Crippen molar-refractivity contribution in [3.05, 3.63) is 59.2 Å². The first-order chi connectivity index (χ1) is 9.06. The first kappa shape index (κ1) is 13.4. The van der Waals surface area contributed by atoms with Gasteiger partial charge in [-0.15, -0.1) is 0 Å². The fourth-order valence-electron chi connectivity index (χ4n) is 1.94. The van der Waals surface area contributed by atoms with E-state index in [1.165, 1.54) is 5.56 Å². The number of nitrogens with two attached hydrogens (primary N) is 1. The predicted molar refractivity (Wildman–Crippen MR) is 77.2 cm³/mol. The molecule has 0 spiro atoms. The molecule has 2 aromatic rings. The summed E-state index contributed by atoms with van der Waals surface area (Å²) in [5.74, 6) is 0.806. The lowest BCUT2D eigenvalue weighted by molar-refractivity contribution is 0.108. The lowest BCUT2D eigenvalue weighted by Crippen LogP contribution is -2.10. The van der Waals surface area contributed by atoms with Crippen LogP contribution in [0.3, 0.4) is 0 Å². The van der Waals surface area contributed by atoms with Gasteiger partial charge in [0.05, 0.1) is 0 Å². The van der Waals surface area contributed by atoms with Gasteiger partial charge in [0.25, 0.3) is 0 Å². The van der Waals surface area contributed by atoms with Crippen LogP contribution in [0.1, 0.15) is 22.8 Å². The molecule has 1 unspecified atom stereocenters. The van der Waals surface area contributed by atoms with E-state index in [9.17, 15) is 5.11 Å². The van der Waals surface area contributed by atoms with E-state index in [4.69, 9.17) is 10.5 Å². The number of nitrogen functional groups attached to an aromatic ring is 1. The van der Waals surface area contributed by atoms with Crippen molar-refractivity contribution < 1.29 is 9.84 Å². The lowest BCUT2D eigenvalue weighted by atomic mass is 10.1. The van der Waals surface area contributed by atoms with Gasteiger partial charge < -0.3 is 15.6 Å². The van der Waals surface area contributed by atoms with Crippen molar-refractivity contribution in [2.45, 2.75) is 20.0 Å². The topological polar surface area (TPSA) is 55.5 Å². The Morgan fingerprint density at radius 2 is 1.79 bits per heavy atom. The number of hydrogen-bond donors (Lipinski definition) is 2. The van der Waals surface area contributed by atoms with Gasteiger partial charge in [-0.1, -0.05) is 29.8 Å². The summed E-state index contributed by atoms with van der Waals surface area (Å²) >= 11 is 0. The van der Waals surface area contributed by atoms with E-state index in [1.807, 2.05) is 38.1 Å². The van der Waals surface area contributed by atoms with Gasteiger partial charge in [-0.2, -0.15) is 0 Å². The smallest absolute Gasteiger partial charge is 0.122 e. The summed E-state index contributed by atoms with van der Waals surface area (Å²) in [5.41, 5.74) is 9.38. The van der Waals surface area contributed by atoms with Crippen LogP contribution in [-0.4, -0.2) is 11.7 Å². The van der Waals surface area contributed by atoms with Gasteiger partial charge in [0.15, 0.2) is 0 Å². The average molecular weight is 257 g/mol. The molecule has 0 aromatic heterocycles. The molecule has 0 saturated carbocycles. The summed E-state index contributed by atoms with van der Waals surface area (Å²) < 4.78 is 5.66. The van der Waals surface area contributed by atoms with Crippen molar-refractivity contribution in [2.75, 3.05) is 12.3 Å². The first-order valence-corrected chi connectivity index (χ1v) is 6.30. The minimum atomic E-state index is -0.652. The quantitative estimate of drug-likeness (QED) is 0.828. The van der Waals surface area contributed by atoms with Crippen LogP contribution in [0.4, 0.5) is 5.69 Å². The monoisotopic (exact) mass is 257 g/mol. The van der Waals surface area contributed by atoms with Gasteiger partial charge in [0.2, 0.25) is 0 Å². The van der Waals surface area contributed by atoms with Crippen molar-refractivity contribution in [2.24, 2.45) is 0 Å². The highest BCUT2D eigenvalue weighted by Crippen LogP contribution is 2.21. The number of anilines is 1. The number of benzene rings is 2. The molecule has 3 heteroatoms. The minimum absolute atomic E-state index is 0.230. The Hall–Kier alpha value is -2.00. The van der Waals surface area contributed by atoms with Gasteiger partial charge in [-0.05, 0) is 43.2 Å². The third kappa shape index (κ3) is 3.48. The molecule has 0 aliphatic heterocycles. The van der Waals surface area contributed by atoms with Gasteiger partial charge in [0.1, 0.15) is 18.5 Å². The molecule has 3 nitrogen and oxygen atoms in total. The molecule has 2 rings (SSSR count). The summed E-state index contributed by atoms with van der Waals surface area (Å²) in [4.78, 5) is 0. The Balaban J connectivity index is 2.00. The molecule has 0 aliphatic carbocycles. The number of aliphatic hydroxyl groups is 1. The van der Waals surface area contributed by atoms with Crippen LogP contribution in [0.2, 0.25) is 0 Å². The van der Waals surface area contributed by atoms with Crippen LogP contribution in [0.25, 0.3) is 0 Å². The molecule has 3 N–H and O–H groups in total. The van der Waals surface area contributed by atoms with Gasteiger partial charge in [0, 0.05) is 5.69 Å². The van der Waals surface area contributed by atoms with Crippen LogP contribution >= 0.6 is 0 Å². The lowest BCUT2D eigenvalue weighted by Gasteiger charge is -2.14. The summed E-state index contributed by atoms with van der Waals surface area (Å²) in [6, 6.07) is 13.2. The molecule has 1 atom stereocenters. The number of aryl methyl sites for hydroxylation is 2. The van der Waals surface area contributed by atoms with E-state index >= 15 is 0 Å². The fraction of sp³-hybridized carbons (Fsp3) is 0.250. The van der Waals surface area contributed by atoms with E-state index in [2.05, 4.69) is 6.07 Å². The van der Waals surface area contributed by atoms with E-state index in [1.54, 1.807) is 12.1 Å². The van der Waals surface area contributed by atoms with Crippen molar-refractivity contribution in [1.29, 1.82) is 0 Å². The Kier molecular flexibility index (Phi) is 4.07. The van der Waals surface area contributed by atoms with Crippen LogP contribution in [0, 0.1) is 13.8 Å². The molecule has 0 heterocycles. The molecular formula is C16H19NO2. The molecule has 0 radical (unpaired) electrons. The maximum absolute atomic E-state index is 10.1. The van der Waals surface area contributed by atoms with Crippen LogP contribution in [0.5, 0.6) is 5.75 Å². The second-order valence-electron chi connectivity index (χ2n) is 4.76. The third-order valence-electron chi connectivity index (χ3n) is 3.05. The van der Waals surface area contributed by atoms with E-state index in [0.717, 1.165) is 16.9 Å². The Labute approximate surface area is 113 Å². The largest absolute Gasteiger partial charge is 0.490 e. The summed E-state index contributed by atoms with van der Waals surface area (Å²) in [6.07, 6.45) is -0.652. The van der Waals surface area contributed by atoms with E-state index in [-0.39, 0.29) is 6.61 Å². The van der Waals surface area contributed by atoms with Crippen molar-refractivity contribution in [3.8, 4) is 5.75 Å². The SMILES string of the molecule is Cc1ccc(OCC(O)c2ccc(N)cc2)c(C)c1. The maximum Gasteiger partial charge on any atom is 0.122 e. The average Bonchev–Trinajstić information content (AvgIpc) is 2.38. The van der Waals surface area contributed by atoms with Gasteiger partial charge in [-0.25, -0.2) is 0 Å². The molecule has 2 aromatic carbocycles. The number of hydrogen-bond acceptors (Lipinski definition) is 3. The minimum Gasteiger partial charge on any atom is -0.490 e. The Morgan fingerprint density at radius 3 is 2.42 bits per heavy atom. The van der Waals surface area contributed by atoms with E-state index < -0.39 is 6.10 Å². The van der Waals surface area contributed by atoms with Crippen LogP contribution in [0.15, 0.2) is 42.5 Å². The van der Waals surface area contributed by atoms with Crippen molar-refractivity contribution in [3.63, 3.8) is 0 Å². The number of rotatable bonds is 4. The van der Waals surface area contributed by atoms with E-state index in [0.29, 0.717) is 5.69 Å². The predicted octanol–water partition coefficient (Wildman–Crippen LogP) is 3.00. The normalized spacial score (nSPS) is 12.2. The molecule has 0 aliphatic rings. The molecule has 0 fully saturated rings. The highest BCUT2D eigenvalue weighted by molar-refractivity contribution is 5.40. The Bertz CT molecular complexity index is 549. The molecular weight excluding hydrogens is 238 g/mol. The molecule has 0 saturated heterocycles. The molecule has 19 heavy (non-hydrogen) atoms. The summed E-state index contributed by atoms with van der Waals surface area (Å²) in [5, 5.41) is 10.1. The fourth-order valence-corrected chi connectivity index (χ4v) is 1.94. The maximum atomic E-state index is 10.1. The summed E-state index contributed by atoms with van der Waals surface area (Å²) in [6.45, 7) is 4.27. The first-order valence-electron chi connectivity index (χ1n) is 6.30. The zero-order valence-corrected chi connectivity index (χ0v) is 11.3. The zero-order chi connectivity index (χ0) is 13.8. The van der Waals surface area contributed by atoms with Crippen LogP contribution < -0.4 is 10.5 Å². The molecule has 0 bridgehead atoms. The number of aliphatic hydroxyl groups excluding tert-OH is 1. The molecule has 100 valence electrons. The highest BCUT2D eigenvalue weighted by atomic mass is 16.5. The second-order valence-corrected chi connectivity index (χ2v) is 4.76. The zero-order valence-electron chi connectivity index (χ0n) is 11.3. The van der Waals surface area contributed by atoms with Gasteiger partial charge >= 0.3 is 0 Å². The highest BCUT2D eigenvalue weighted by Gasteiger charge is 2.09. The second kappa shape index (κ2) is 5.76. The Morgan fingerprint density at radius 1 is 1.11 bits per heavy atom. The molecule has 0 amide bonds. The summed E-state index contributed by atoms with van der Waals surface area (Å²) in [7, 11) is 0. The van der Waals surface area contributed by atoms with Crippen molar-refractivity contribution >= 4 is 5.69 Å². The van der Waals surface area contributed by atoms with Gasteiger partial charge in [-0.3, -0.25) is 0 Å². The number of ether oxygens (including phenoxy) is 1.